The van der Waals surface area contributed by atoms with Crippen molar-refractivity contribution in [2.24, 2.45) is 24.6 Å². The predicted octanol–water partition coefficient (Wildman–Crippen LogP) is 2.73. The van der Waals surface area contributed by atoms with Gasteiger partial charge in [0.05, 0.1) is 17.4 Å². The number of hydrogen-bond donors (Lipinski definition) is 2. The predicted molar refractivity (Wildman–Crippen MR) is 93.7 cm³/mol. The Morgan fingerprint density at radius 1 is 1.41 bits per heavy atom. The van der Waals surface area contributed by atoms with Crippen molar-refractivity contribution in [1.29, 1.82) is 0 Å². The highest BCUT2D eigenvalue weighted by atomic mass is 35.5. The van der Waals surface area contributed by atoms with Gasteiger partial charge in [-0.1, -0.05) is 6.42 Å². The summed E-state index contributed by atoms with van der Waals surface area (Å²) < 4.78 is 1.96. The molecule has 1 amide bonds. The minimum absolute atomic E-state index is 0. The summed E-state index contributed by atoms with van der Waals surface area (Å²) >= 11 is 0. The third-order valence-electron chi connectivity index (χ3n) is 4.29. The van der Waals surface area contributed by atoms with Crippen molar-refractivity contribution in [1.82, 2.24) is 9.55 Å². The van der Waals surface area contributed by atoms with Crippen LogP contribution in [0.1, 0.15) is 19.3 Å². The molecular weight excluding hydrogens is 323 g/mol. The van der Waals surface area contributed by atoms with Crippen molar-refractivity contribution in [3.05, 3.63) is 24.5 Å². The maximum absolute atomic E-state index is 12.3. The Bertz CT molecular complexity index is 644. The van der Waals surface area contributed by atoms with Gasteiger partial charge in [0.15, 0.2) is 0 Å². The second-order valence-electron chi connectivity index (χ2n) is 5.58. The maximum atomic E-state index is 12.3. The first-order chi connectivity index (χ1) is 9.69. The maximum Gasteiger partial charge on any atom is 0.227 e. The highest BCUT2D eigenvalue weighted by molar-refractivity contribution is 5.94. The van der Waals surface area contributed by atoms with Crippen LogP contribution in [0.25, 0.3) is 11.0 Å². The van der Waals surface area contributed by atoms with Crippen LogP contribution in [0.2, 0.25) is 0 Å². The first kappa shape index (κ1) is 18.7. The van der Waals surface area contributed by atoms with Gasteiger partial charge in [-0.25, -0.2) is 4.98 Å². The Kier molecular flexibility index (Phi) is 6.66. The number of halogens is 2. The third kappa shape index (κ3) is 3.54. The van der Waals surface area contributed by atoms with Gasteiger partial charge in [-0.05, 0) is 43.5 Å². The van der Waals surface area contributed by atoms with E-state index in [1.165, 1.54) is 0 Å². The number of nitrogens with two attached hydrogens (primary N) is 1. The quantitative estimate of drug-likeness (QED) is 0.898. The summed E-state index contributed by atoms with van der Waals surface area (Å²) in [4.78, 5) is 16.6. The lowest BCUT2D eigenvalue weighted by Gasteiger charge is -2.17. The van der Waals surface area contributed by atoms with E-state index in [1.807, 2.05) is 29.8 Å². The fourth-order valence-corrected chi connectivity index (χ4v) is 3.11. The molecule has 1 heterocycles. The Balaban J connectivity index is 0.00000121. The number of imidazole rings is 1. The minimum atomic E-state index is 0. The number of aryl methyl sites for hydroxylation is 1. The molecule has 5 nitrogen and oxygen atoms in total. The van der Waals surface area contributed by atoms with Crippen molar-refractivity contribution < 1.29 is 4.79 Å². The molecule has 1 saturated carbocycles. The number of rotatable bonds is 3. The van der Waals surface area contributed by atoms with E-state index in [0.29, 0.717) is 12.5 Å². The molecule has 2 aromatic rings. The summed E-state index contributed by atoms with van der Waals surface area (Å²) in [7, 11) is 1.96. The van der Waals surface area contributed by atoms with Crippen LogP contribution < -0.4 is 11.1 Å². The van der Waals surface area contributed by atoms with Gasteiger partial charge in [0.25, 0.3) is 0 Å². The van der Waals surface area contributed by atoms with Gasteiger partial charge < -0.3 is 15.6 Å². The molecule has 0 bridgehead atoms. The molecule has 0 radical (unpaired) electrons. The third-order valence-corrected chi connectivity index (χ3v) is 4.29. The molecule has 0 aliphatic heterocycles. The number of benzene rings is 1. The van der Waals surface area contributed by atoms with Crippen LogP contribution in [-0.2, 0) is 11.8 Å². The number of carbonyl (C=O) groups is 1. The SMILES string of the molecule is Cl.Cl.Cn1cnc2cc(NC(=O)[C@@H]3CCC[C@@H]3CN)ccc21. The Labute approximate surface area is 142 Å². The van der Waals surface area contributed by atoms with Crippen LogP contribution in [0.4, 0.5) is 5.69 Å². The van der Waals surface area contributed by atoms with Gasteiger partial charge in [-0.3, -0.25) is 4.79 Å². The number of anilines is 1. The highest BCUT2D eigenvalue weighted by Crippen LogP contribution is 2.32. The number of fused-ring (bicyclic) bond motifs is 1. The van der Waals surface area contributed by atoms with Crippen LogP contribution >= 0.6 is 24.8 Å². The summed E-state index contributed by atoms with van der Waals surface area (Å²) in [6.45, 7) is 0.595. The topological polar surface area (TPSA) is 72.9 Å². The van der Waals surface area contributed by atoms with Crippen LogP contribution in [0, 0.1) is 11.8 Å². The molecule has 7 heteroatoms. The van der Waals surface area contributed by atoms with E-state index >= 15 is 0 Å². The minimum Gasteiger partial charge on any atom is -0.334 e. The van der Waals surface area contributed by atoms with E-state index in [1.54, 1.807) is 6.33 Å². The summed E-state index contributed by atoms with van der Waals surface area (Å²) in [6.07, 6.45) is 4.88. The average Bonchev–Trinajstić information content (AvgIpc) is 3.05. The van der Waals surface area contributed by atoms with Gasteiger partial charge in [-0.15, -0.1) is 24.8 Å². The van der Waals surface area contributed by atoms with Crippen LogP contribution in [0.5, 0.6) is 0 Å². The lowest BCUT2D eigenvalue weighted by Crippen LogP contribution is -2.29. The van der Waals surface area contributed by atoms with E-state index in [0.717, 1.165) is 36.0 Å². The molecule has 0 unspecified atom stereocenters. The summed E-state index contributed by atoms with van der Waals surface area (Å²) in [6, 6.07) is 5.82. The molecule has 1 aliphatic rings. The Morgan fingerprint density at radius 2 is 2.18 bits per heavy atom. The normalized spacial score (nSPS) is 20.3. The van der Waals surface area contributed by atoms with Gasteiger partial charge in [0.1, 0.15) is 0 Å². The molecule has 3 N–H and O–H groups in total. The number of nitrogens with one attached hydrogen (secondary N) is 1. The summed E-state index contributed by atoms with van der Waals surface area (Å²) in [5.41, 5.74) is 8.50. The second kappa shape index (κ2) is 7.81. The van der Waals surface area contributed by atoms with Crippen molar-refractivity contribution >= 4 is 47.4 Å². The smallest absolute Gasteiger partial charge is 0.227 e. The van der Waals surface area contributed by atoms with Crippen molar-refractivity contribution in [2.45, 2.75) is 19.3 Å². The molecule has 22 heavy (non-hydrogen) atoms. The zero-order valence-electron chi connectivity index (χ0n) is 12.5. The molecule has 1 aromatic heterocycles. The van der Waals surface area contributed by atoms with Crippen LogP contribution in [0.3, 0.4) is 0 Å². The molecule has 1 aliphatic carbocycles. The molecule has 0 spiro atoms. The van der Waals surface area contributed by atoms with Gasteiger partial charge >= 0.3 is 0 Å². The van der Waals surface area contributed by atoms with Crippen molar-refractivity contribution in [3.63, 3.8) is 0 Å². The zero-order chi connectivity index (χ0) is 14.1. The van der Waals surface area contributed by atoms with E-state index in [-0.39, 0.29) is 36.6 Å². The first-order valence-electron chi connectivity index (χ1n) is 7.11. The fraction of sp³-hybridized carbons (Fsp3) is 0.467. The fourth-order valence-electron chi connectivity index (χ4n) is 3.11. The van der Waals surface area contributed by atoms with Crippen molar-refractivity contribution in [2.75, 3.05) is 11.9 Å². The van der Waals surface area contributed by atoms with Gasteiger partial charge in [-0.2, -0.15) is 0 Å². The highest BCUT2D eigenvalue weighted by Gasteiger charge is 2.31. The first-order valence-corrected chi connectivity index (χ1v) is 7.11. The largest absolute Gasteiger partial charge is 0.334 e. The van der Waals surface area contributed by atoms with Crippen molar-refractivity contribution in [3.8, 4) is 0 Å². The lowest BCUT2D eigenvalue weighted by atomic mass is 9.95. The Morgan fingerprint density at radius 3 is 2.91 bits per heavy atom. The second-order valence-corrected chi connectivity index (χ2v) is 5.58. The number of amides is 1. The van der Waals surface area contributed by atoms with E-state index in [2.05, 4.69) is 10.3 Å². The van der Waals surface area contributed by atoms with Crippen LogP contribution in [-0.4, -0.2) is 22.0 Å². The number of aromatic nitrogens is 2. The molecular formula is C15H22Cl2N4O. The number of hydrogen-bond acceptors (Lipinski definition) is 3. The van der Waals surface area contributed by atoms with Gasteiger partial charge in [0, 0.05) is 18.7 Å². The molecule has 122 valence electrons. The number of nitrogens with zero attached hydrogens (tertiary/aromatic N) is 2. The lowest BCUT2D eigenvalue weighted by molar-refractivity contribution is -0.120. The van der Waals surface area contributed by atoms with Gasteiger partial charge in [0.2, 0.25) is 5.91 Å². The van der Waals surface area contributed by atoms with E-state index in [4.69, 9.17) is 5.73 Å². The summed E-state index contributed by atoms with van der Waals surface area (Å²) in [5.74, 6) is 0.473. The number of carbonyl (C=O) groups excluding carboxylic acids is 1. The standard InChI is InChI=1S/C15H20N4O.2ClH/c1-19-9-17-13-7-11(5-6-14(13)19)18-15(20)12-4-2-3-10(12)8-16;;/h5-7,9-10,12H,2-4,8,16H2,1H3,(H,18,20);2*1H/t10-,12-;;/m1../s1. The zero-order valence-corrected chi connectivity index (χ0v) is 14.1. The molecule has 0 saturated heterocycles. The monoisotopic (exact) mass is 344 g/mol. The Hall–Kier alpha value is -1.30. The average molecular weight is 345 g/mol. The van der Waals surface area contributed by atoms with E-state index in [9.17, 15) is 4.79 Å². The molecule has 3 rings (SSSR count). The van der Waals surface area contributed by atoms with E-state index < -0.39 is 0 Å². The molecule has 1 aromatic carbocycles. The van der Waals surface area contributed by atoms with Crippen LogP contribution in [0.15, 0.2) is 24.5 Å². The molecule has 1 fully saturated rings. The summed E-state index contributed by atoms with van der Waals surface area (Å²) in [5, 5.41) is 3.01. The molecule has 2 atom stereocenters.